The van der Waals surface area contributed by atoms with Crippen molar-refractivity contribution >= 4 is 17.7 Å². The first-order valence-corrected chi connectivity index (χ1v) is 12.7. The summed E-state index contributed by atoms with van der Waals surface area (Å²) >= 11 is 0. The standard InChI is InChI=1S/C28H42O5/c1-9-10-17(3)26(31)32-24-19(5)15-28(33-20(6)29)23(24)13-16(2)11-12-21-22(27(21,7)8)14-18(4)25(28)30/h13-14,17,19,21-24H,9-12,15H2,1-8H3/b16-13-,18-14+/t17?,19-,21-,22+,23-,24-,28+/m0/s1. The van der Waals surface area contributed by atoms with Crippen molar-refractivity contribution in [1.29, 1.82) is 0 Å². The zero-order valence-corrected chi connectivity index (χ0v) is 21.7. The number of fused-ring (bicyclic) bond motifs is 2. The zero-order chi connectivity index (χ0) is 24.7. The minimum absolute atomic E-state index is 0.110. The van der Waals surface area contributed by atoms with Crippen LogP contribution >= 0.6 is 0 Å². The fourth-order valence-electron chi connectivity index (χ4n) is 6.35. The van der Waals surface area contributed by atoms with Gasteiger partial charge in [0.25, 0.3) is 0 Å². The van der Waals surface area contributed by atoms with Gasteiger partial charge in [0, 0.05) is 13.3 Å². The molecule has 5 heteroatoms. The Balaban J connectivity index is 2.06. The first-order chi connectivity index (χ1) is 15.3. The lowest BCUT2D eigenvalue weighted by atomic mass is 9.81. The molecule has 5 nitrogen and oxygen atoms in total. The van der Waals surface area contributed by atoms with E-state index in [0.717, 1.165) is 31.3 Å². The van der Waals surface area contributed by atoms with Gasteiger partial charge in [-0.25, -0.2) is 0 Å². The average molecular weight is 459 g/mol. The maximum absolute atomic E-state index is 14.0. The van der Waals surface area contributed by atoms with Crippen molar-refractivity contribution in [3.63, 3.8) is 0 Å². The lowest BCUT2D eigenvalue weighted by molar-refractivity contribution is -0.170. The van der Waals surface area contributed by atoms with E-state index in [1.807, 2.05) is 27.7 Å². The highest BCUT2D eigenvalue weighted by Gasteiger charge is 2.61. The third kappa shape index (κ3) is 4.83. The summed E-state index contributed by atoms with van der Waals surface area (Å²) in [5.41, 5.74) is 0.631. The van der Waals surface area contributed by atoms with Crippen LogP contribution in [-0.2, 0) is 23.9 Å². The van der Waals surface area contributed by atoms with Gasteiger partial charge in [-0.3, -0.25) is 14.4 Å². The maximum Gasteiger partial charge on any atom is 0.308 e. The molecule has 0 heterocycles. The molecule has 0 aromatic rings. The van der Waals surface area contributed by atoms with Gasteiger partial charge in [0.15, 0.2) is 5.60 Å². The van der Waals surface area contributed by atoms with E-state index < -0.39 is 23.6 Å². The van der Waals surface area contributed by atoms with Crippen molar-refractivity contribution in [1.82, 2.24) is 0 Å². The van der Waals surface area contributed by atoms with Crippen LogP contribution in [0.3, 0.4) is 0 Å². The molecular formula is C28H42O5. The number of ether oxygens (including phenoxy) is 2. The van der Waals surface area contributed by atoms with Crippen LogP contribution in [0.25, 0.3) is 0 Å². The molecule has 0 N–H and O–H groups in total. The number of hydrogen-bond donors (Lipinski definition) is 0. The summed E-state index contributed by atoms with van der Waals surface area (Å²) in [5.74, 6) is -0.794. The third-order valence-electron chi connectivity index (χ3n) is 8.41. The van der Waals surface area contributed by atoms with Gasteiger partial charge < -0.3 is 9.47 Å². The van der Waals surface area contributed by atoms with Crippen LogP contribution in [0.5, 0.6) is 0 Å². The molecule has 3 aliphatic carbocycles. The van der Waals surface area contributed by atoms with Gasteiger partial charge in [0.05, 0.1) is 11.8 Å². The molecule has 7 atom stereocenters. The Labute approximate surface area is 199 Å². The van der Waals surface area contributed by atoms with Gasteiger partial charge in [0.1, 0.15) is 6.10 Å². The normalized spacial score (nSPS) is 39.5. The number of carbonyl (C=O) groups is 3. The Morgan fingerprint density at radius 1 is 1.18 bits per heavy atom. The number of carbonyl (C=O) groups excluding carboxylic acids is 3. The van der Waals surface area contributed by atoms with Gasteiger partial charge in [-0.1, -0.05) is 58.8 Å². The smallest absolute Gasteiger partial charge is 0.308 e. The van der Waals surface area contributed by atoms with Crippen LogP contribution in [0.1, 0.15) is 87.5 Å². The van der Waals surface area contributed by atoms with Crippen molar-refractivity contribution < 1.29 is 23.9 Å². The molecule has 184 valence electrons. The molecule has 0 aliphatic heterocycles. The van der Waals surface area contributed by atoms with Crippen molar-refractivity contribution in [2.75, 3.05) is 0 Å². The van der Waals surface area contributed by atoms with Crippen molar-refractivity contribution in [2.24, 2.45) is 35.0 Å². The van der Waals surface area contributed by atoms with E-state index in [2.05, 4.69) is 32.9 Å². The minimum Gasteiger partial charge on any atom is -0.461 e. The summed E-state index contributed by atoms with van der Waals surface area (Å²) in [6.07, 6.45) is 7.64. The molecule has 3 aliphatic rings. The Morgan fingerprint density at radius 3 is 2.45 bits per heavy atom. The van der Waals surface area contributed by atoms with Crippen molar-refractivity contribution in [2.45, 2.75) is 99.2 Å². The number of allylic oxidation sites excluding steroid dienone is 2. The molecule has 0 saturated heterocycles. The van der Waals surface area contributed by atoms with E-state index in [4.69, 9.17) is 9.47 Å². The van der Waals surface area contributed by atoms with Crippen LogP contribution in [0.4, 0.5) is 0 Å². The quantitative estimate of drug-likeness (QED) is 0.383. The second-order valence-electron chi connectivity index (χ2n) is 11.5. The SMILES string of the molecule is CCCC(C)C(=O)O[C@H]1[C@@H](C)C[C@]2(OC(C)=O)C(=O)/C(C)=C/[C@@H]3[C@H](CC/C(C)=C\[C@@H]12)C3(C)C. The second kappa shape index (κ2) is 9.38. The molecule has 0 radical (unpaired) electrons. The molecule has 0 aromatic carbocycles. The summed E-state index contributed by atoms with van der Waals surface area (Å²) < 4.78 is 12.0. The van der Waals surface area contributed by atoms with Crippen LogP contribution in [0.15, 0.2) is 23.3 Å². The number of esters is 2. The predicted molar refractivity (Wildman–Crippen MR) is 128 cm³/mol. The number of Topliss-reactive ketones (excluding diaryl/α,β-unsaturated/α-hetero) is 1. The third-order valence-corrected chi connectivity index (χ3v) is 8.41. The summed E-state index contributed by atoms with van der Waals surface area (Å²) in [7, 11) is 0. The average Bonchev–Trinajstić information content (AvgIpc) is 3.13. The van der Waals surface area contributed by atoms with Crippen molar-refractivity contribution in [3.05, 3.63) is 23.3 Å². The van der Waals surface area contributed by atoms with Gasteiger partial charge in [-0.15, -0.1) is 0 Å². The highest BCUT2D eigenvalue weighted by molar-refractivity contribution is 6.03. The van der Waals surface area contributed by atoms with Gasteiger partial charge >= 0.3 is 11.9 Å². The fraction of sp³-hybridized carbons (Fsp3) is 0.750. The van der Waals surface area contributed by atoms with E-state index in [1.54, 1.807) is 0 Å². The van der Waals surface area contributed by atoms with E-state index in [0.29, 0.717) is 23.8 Å². The Hall–Kier alpha value is -1.91. The van der Waals surface area contributed by atoms with Crippen molar-refractivity contribution in [3.8, 4) is 0 Å². The summed E-state index contributed by atoms with van der Waals surface area (Å²) in [6.45, 7) is 15.7. The molecular weight excluding hydrogens is 416 g/mol. The minimum atomic E-state index is -1.34. The first kappa shape index (κ1) is 25.7. The summed E-state index contributed by atoms with van der Waals surface area (Å²) in [4.78, 5) is 39.1. The predicted octanol–water partition coefficient (Wildman–Crippen LogP) is 5.82. The molecule has 0 amide bonds. The summed E-state index contributed by atoms with van der Waals surface area (Å²) in [6, 6.07) is 0. The lowest BCUT2D eigenvalue weighted by Crippen LogP contribution is -2.49. The number of hydrogen-bond acceptors (Lipinski definition) is 5. The van der Waals surface area contributed by atoms with Gasteiger partial charge in [0.2, 0.25) is 5.78 Å². The van der Waals surface area contributed by atoms with Gasteiger partial charge in [-0.05, 0) is 61.9 Å². The van der Waals surface area contributed by atoms with Crippen LogP contribution in [0, 0.1) is 35.0 Å². The van der Waals surface area contributed by atoms with E-state index in [9.17, 15) is 14.4 Å². The molecule has 1 unspecified atom stereocenters. The topological polar surface area (TPSA) is 69.7 Å². The number of rotatable bonds is 5. The van der Waals surface area contributed by atoms with E-state index in [1.165, 1.54) is 6.92 Å². The highest BCUT2D eigenvalue weighted by atomic mass is 16.6. The van der Waals surface area contributed by atoms with E-state index >= 15 is 0 Å². The molecule has 2 fully saturated rings. The Bertz CT molecular complexity index is 866. The molecule has 2 saturated carbocycles. The lowest BCUT2D eigenvalue weighted by Gasteiger charge is -2.34. The van der Waals surface area contributed by atoms with Crippen LogP contribution in [0.2, 0.25) is 0 Å². The summed E-state index contributed by atoms with van der Waals surface area (Å²) in [5, 5.41) is 0. The van der Waals surface area contributed by atoms with Crippen LogP contribution < -0.4 is 0 Å². The monoisotopic (exact) mass is 458 g/mol. The largest absolute Gasteiger partial charge is 0.461 e. The Kier molecular flexibility index (Phi) is 7.31. The molecule has 0 spiro atoms. The highest BCUT2D eigenvalue weighted by Crippen LogP contribution is 2.62. The fourth-order valence-corrected chi connectivity index (χ4v) is 6.35. The second-order valence-corrected chi connectivity index (χ2v) is 11.5. The molecule has 0 aromatic heterocycles. The number of ketones is 1. The molecule has 3 rings (SSSR count). The van der Waals surface area contributed by atoms with E-state index in [-0.39, 0.29) is 29.0 Å². The first-order valence-electron chi connectivity index (χ1n) is 12.7. The molecule has 33 heavy (non-hydrogen) atoms. The zero-order valence-electron chi connectivity index (χ0n) is 21.7. The maximum atomic E-state index is 14.0. The van der Waals surface area contributed by atoms with Gasteiger partial charge in [-0.2, -0.15) is 0 Å². The molecule has 0 bridgehead atoms. The Morgan fingerprint density at radius 2 is 1.85 bits per heavy atom. The van der Waals surface area contributed by atoms with Crippen LogP contribution in [-0.4, -0.2) is 29.4 Å².